The molecule has 10 nitrogen and oxygen atoms in total. The van der Waals surface area contributed by atoms with Gasteiger partial charge in [-0.25, -0.2) is 4.79 Å². The second-order valence-electron chi connectivity index (χ2n) is 14.1. The van der Waals surface area contributed by atoms with Crippen LogP contribution in [-0.4, -0.2) is 58.7 Å². The fraction of sp³-hybridized carbons (Fsp3) is 0.611. The summed E-state index contributed by atoms with van der Waals surface area (Å²) >= 11 is 0. The molecule has 0 aromatic heterocycles. The third-order valence-corrected chi connectivity index (χ3v) is 11.7. The average molecular weight is 636 g/mol. The monoisotopic (exact) mass is 635 g/mol. The van der Waals surface area contributed by atoms with E-state index in [1.165, 1.54) is 12.5 Å². The zero-order chi connectivity index (χ0) is 33.3. The number of carbonyl (C=O) groups excluding carboxylic acids is 5. The molecular formula is C36H45NO9. The Balaban J connectivity index is 1.21. The van der Waals surface area contributed by atoms with E-state index in [9.17, 15) is 33.9 Å². The van der Waals surface area contributed by atoms with Gasteiger partial charge in [0.15, 0.2) is 18.0 Å². The summed E-state index contributed by atoms with van der Waals surface area (Å²) < 4.78 is 11.3. The summed E-state index contributed by atoms with van der Waals surface area (Å²) in [6.45, 7) is 5.04. The van der Waals surface area contributed by atoms with Crippen molar-refractivity contribution in [2.24, 2.45) is 28.6 Å². The lowest BCUT2D eigenvalue weighted by Gasteiger charge is -2.59. The van der Waals surface area contributed by atoms with E-state index in [1.54, 1.807) is 24.3 Å². The van der Waals surface area contributed by atoms with Gasteiger partial charge in [0.1, 0.15) is 6.04 Å². The van der Waals surface area contributed by atoms with Crippen molar-refractivity contribution in [1.29, 1.82) is 0 Å². The van der Waals surface area contributed by atoms with Gasteiger partial charge < -0.3 is 19.9 Å². The van der Waals surface area contributed by atoms with Crippen LogP contribution < -0.4 is 5.32 Å². The first-order valence-electron chi connectivity index (χ1n) is 16.5. The van der Waals surface area contributed by atoms with E-state index in [0.29, 0.717) is 37.5 Å². The number of Topliss-reactive ketones (excluding diaryl/α,β-unsaturated/α-hetero) is 1. The molecule has 0 saturated heterocycles. The molecule has 7 atom stereocenters. The standard InChI is InChI=1S/C36H45NO9/c1-22(38)46-36(18-15-28-26-10-9-24-20-25(39)13-16-34(24,2)27(26)14-17-35(28,36)3)30(40)21-45-32(42)12-11-31(41)37-29(33(43)44)19-23-7-5-4-6-8-23/h4-8,20,26-29H,9-19,21H2,1-3H3,(H,37,41)(H,43,44)/t26-,27+,28+,29+,34-,35-,36-/m0/s1. The summed E-state index contributed by atoms with van der Waals surface area (Å²) in [5, 5.41) is 12.0. The van der Waals surface area contributed by atoms with Crippen molar-refractivity contribution in [3.05, 3.63) is 47.5 Å². The summed E-state index contributed by atoms with van der Waals surface area (Å²) in [7, 11) is 0. The van der Waals surface area contributed by atoms with Crippen molar-refractivity contribution in [3.63, 3.8) is 0 Å². The molecule has 10 heteroatoms. The van der Waals surface area contributed by atoms with E-state index >= 15 is 0 Å². The second-order valence-corrected chi connectivity index (χ2v) is 14.1. The number of ether oxygens (including phenoxy) is 2. The van der Waals surface area contributed by atoms with Crippen LogP contribution in [0.25, 0.3) is 0 Å². The number of ketones is 2. The number of hydrogen-bond donors (Lipinski definition) is 2. The first-order valence-corrected chi connectivity index (χ1v) is 16.5. The lowest BCUT2D eigenvalue weighted by molar-refractivity contribution is -0.191. The maximum Gasteiger partial charge on any atom is 0.326 e. The van der Waals surface area contributed by atoms with Gasteiger partial charge in [0, 0.05) is 31.6 Å². The van der Waals surface area contributed by atoms with Crippen LogP contribution in [0.4, 0.5) is 0 Å². The summed E-state index contributed by atoms with van der Waals surface area (Å²) in [5.41, 5.74) is -0.0868. The van der Waals surface area contributed by atoms with Crippen LogP contribution in [0, 0.1) is 28.6 Å². The summed E-state index contributed by atoms with van der Waals surface area (Å²) in [6, 6.07) is 7.74. The highest BCUT2D eigenvalue weighted by atomic mass is 16.6. The van der Waals surface area contributed by atoms with Crippen LogP contribution in [0.5, 0.6) is 0 Å². The minimum atomic E-state index is -1.42. The molecule has 248 valence electrons. The number of aliphatic carboxylic acids is 1. The number of amides is 1. The van der Waals surface area contributed by atoms with Crippen molar-refractivity contribution in [1.82, 2.24) is 5.32 Å². The molecule has 0 heterocycles. The predicted molar refractivity (Wildman–Crippen MR) is 166 cm³/mol. The van der Waals surface area contributed by atoms with Crippen molar-refractivity contribution >= 4 is 35.4 Å². The van der Waals surface area contributed by atoms with Crippen LogP contribution in [0.2, 0.25) is 0 Å². The van der Waals surface area contributed by atoms with Gasteiger partial charge in [-0.05, 0) is 79.8 Å². The Morgan fingerprint density at radius 3 is 2.37 bits per heavy atom. The minimum Gasteiger partial charge on any atom is -0.480 e. The number of allylic oxidation sites excluding steroid dienone is 1. The van der Waals surface area contributed by atoms with Crippen molar-refractivity contribution in [2.75, 3.05) is 6.61 Å². The zero-order valence-corrected chi connectivity index (χ0v) is 27.0. The normalized spacial score (nSPS) is 32.1. The number of fused-ring (bicyclic) bond motifs is 5. The number of hydrogen-bond acceptors (Lipinski definition) is 8. The Kier molecular flexibility index (Phi) is 9.57. The largest absolute Gasteiger partial charge is 0.480 e. The van der Waals surface area contributed by atoms with Crippen molar-refractivity contribution < 1.29 is 43.3 Å². The van der Waals surface area contributed by atoms with Crippen LogP contribution in [0.1, 0.15) is 90.5 Å². The number of rotatable bonds is 11. The summed E-state index contributed by atoms with van der Waals surface area (Å²) in [6.07, 6.45) is 7.10. The van der Waals surface area contributed by atoms with Gasteiger partial charge in [-0.1, -0.05) is 49.8 Å². The van der Waals surface area contributed by atoms with E-state index in [1.807, 2.05) is 19.1 Å². The molecular weight excluding hydrogens is 590 g/mol. The van der Waals surface area contributed by atoms with E-state index in [2.05, 4.69) is 12.2 Å². The maximum absolute atomic E-state index is 13.9. The molecule has 0 aliphatic heterocycles. The van der Waals surface area contributed by atoms with E-state index in [-0.39, 0.29) is 36.4 Å². The molecule has 1 amide bonds. The van der Waals surface area contributed by atoms with Gasteiger partial charge in [-0.2, -0.15) is 0 Å². The van der Waals surface area contributed by atoms with E-state index in [0.717, 1.165) is 31.2 Å². The highest BCUT2D eigenvalue weighted by Gasteiger charge is 2.68. The maximum atomic E-state index is 13.9. The summed E-state index contributed by atoms with van der Waals surface area (Å²) in [4.78, 5) is 75.4. The van der Waals surface area contributed by atoms with Gasteiger partial charge in [0.25, 0.3) is 0 Å². The van der Waals surface area contributed by atoms with Crippen LogP contribution in [0.3, 0.4) is 0 Å². The lowest BCUT2D eigenvalue weighted by Crippen LogP contribution is -2.59. The van der Waals surface area contributed by atoms with Crippen LogP contribution in [-0.2, 0) is 44.7 Å². The van der Waals surface area contributed by atoms with Crippen LogP contribution >= 0.6 is 0 Å². The van der Waals surface area contributed by atoms with Crippen molar-refractivity contribution in [3.8, 4) is 0 Å². The highest BCUT2D eigenvalue weighted by Crippen LogP contribution is 2.68. The van der Waals surface area contributed by atoms with E-state index in [4.69, 9.17) is 9.47 Å². The van der Waals surface area contributed by atoms with Gasteiger partial charge >= 0.3 is 17.9 Å². The first kappa shape index (κ1) is 33.5. The molecule has 3 saturated carbocycles. The number of carboxylic acids is 1. The lowest BCUT2D eigenvalue weighted by atomic mass is 9.46. The Hall–Kier alpha value is -3.82. The number of carboxylic acid groups (broad SMARTS) is 1. The Morgan fingerprint density at radius 1 is 0.957 bits per heavy atom. The number of benzene rings is 1. The predicted octanol–water partition coefficient (Wildman–Crippen LogP) is 4.52. The Bertz CT molecular complexity index is 1440. The van der Waals surface area contributed by atoms with E-state index < -0.39 is 53.3 Å². The average Bonchev–Trinajstić information content (AvgIpc) is 3.31. The molecule has 4 aliphatic rings. The van der Waals surface area contributed by atoms with Gasteiger partial charge in [0.2, 0.25) is 11.7 Å². The molecule has 3 fully saturated rings. The number of nitrogens with one attached hydrogen (secondary N) is 1. The zero-order valence-electron chi connectivity index (χ0n) is 27.0. The molecule has 5 rings (SSSR count). The third-order valence-electron chi connectivity index (χ3n) is 11.7. The summed E-state index contributed by atoms with van der Waals surface area (Å²) in [5.74, 6) is -2.53. The third kappa shape index (κ3) is 6.27. The fourth-order valence-electron chi connectivity index (χ4n) is 9.35. The van der Waals surface area contributed by atoms with Gasteiger partial charge in [-0.15, -0.1) is 0 Å². The number of carbonyl (C=O) groups is 6. The van der Waals surface area contributed by atoms with Crippen LogP contribution in [0.15, 0.2) is 42.0 Å². The smallest absolute Gasteiger partial charge is 0.326 e. The molecule has 1 aromatic rings. The molecule has 0 spiro atoms. The molecule has 46 heavy (non-hydrogen) atoms. The topological polar surface area (TPSA) is 153 Å². The molecule has 1 aromatic carbocycles. The van der Waals surface area contributed by atoms with Crippen molar-refractivity contribution in [2.45, 2.75) is 103 Å². The minimum absolute atomic E-state index is 0.0390. The Morgan fingerprint density at radius 2 is 1.67 bits per heavy atom. The second kappa shape index (κ2) is 13.1. The SMILES string of the molecule is CC(=O)O[C@]1(C(=O)COC(=O)CCC(=O)N[C@H](Cc2ccccc2)C(=O)O)CC[C@@H]2[C@H]3CCC4=CC(=O)CC[C@]4(C)[C@@H]3CC[C@@]21C. The Labute approximate surface area is 269 Å². The van der Waals surface area contributed by atoms with Gasteiger partial charge in [-0.3, -0.25) is 24.0 Å². The fourth-order valence-corrected chi connectivity index (χ4v) is 9.35. The molecule has 0 bridgehead atoms. The molecule has 2 N–H and O–H groups in total. The quantitative estimate of drug-likeness (QED) is 0.334. The molecule has 0 radical (unpaired) electrons. The number of esters is 2. The molecule has 0 unspecified atom stereocenters. The van der Waals surface area contributed by atoms with Gasteiger partial charge in [0.05, 0.1) is 6.42 Å². The molecule has 4 aliphatic carbocycles. The highest BCUT2D eigenvalue weighted by molar-refractivity contribution is 5.94. The first-order chi connectivity index (χ1) is 21.8.